The van der Waals surface area contributed by atoms with Gasteiger partial charge in [0.25, 0.3) is 0 Å². The molecular weight excluding hydrogens is 148 g/mol. The van der Waals surface area contributed by atoms with Gasteiger partial charge >= 0.3 is 0 Å². The highest BCUT2D eigenvalue weighted by atomic mass is 15.1. The maximum atomic E-state index is 5.16. The molecule has 0 heterocycles. The van der Waals surface area contributed by atoms with Gasteiger partial charge in [0.2, 0.25) is 0 Å². The summed E-state index contributed by atoms with van der Waals surface area (Å²) in [7, 11) is 6.32. The molecule has 0 aliphatic heterocycles. The molecule has 12 heavy (non-hydrogen) atoms. The van der Waals surface area contributed by atoms with Gasteiger partial charge in [0.15, 0.2) is 0 Å². The van der Waals surface area contributed by atoms with E-state index < -0.39 is 0 Å². The fraction of sp³-hybridized carbons (Fsp3) is 0.800. The van der Waals surface area contributed by atoms with Crippen LogP contribution in [0.4, 0.5) is 0 Å². The minimum Gasteiger partial charge on any atom is -0.308 e. The van der Waals surface area contributed by atoms with Gasteiger partial charge in [0.05, 0.1) is 0 Å². The molecule has 0 bridgehead atoms. The summed E-state index contributed by atoms with van der Waals surface area (Å²) in [6, 6.07) is 0. The van der Waals surface area contributed by atoms with Crippen molar-refractivity contribution >= 4 is 0 Å². The van der Waals surface area contributed by atoms with E-state index in [1.165, 1.54) is 0 Å². The van der Waals surface area contributed by atoms with Crippen molar-refractivity contribution in [2.24, 2.45) is 0 Å². The van der Waals surface area contributed by atoms with Gasteiger partial charge in [-0.3, -0.25) is 0 Å². The summed E-state index contributed by atoms with van der Waals surface area (Å²) in [6.45, 7) is 3.35. The lowest BCUT2D eigenvalue weighted by atomic mass is 10.3. The van der Waals surface area contributed by atoms with Crippen LogP contribution in [0.15, 0.2) is 0 Å². The van der Waals surface area contributed by atoms with Gasteiger partial charge in [-0.25, -0.2) is 0 Å². The topological polar surface area (TPSA) is 6.48 Å². The minimum atomic E-state index is 0.895. The van der Waals surface area contributed by atoms with Crippen LogP contribution in [-0.2, 0) is 0 Å². The summed E-state index contributed by atoms with van der Waals surface area (Å²) in [5.41, 5.74) is 0. The molecule has 0 unspecified atom stereocenters. The number of unbranched alkanes of at least 4 members (excludes halogenated alkanes) is 1. The van der Waals surface area contributed by atoms with Gasteiger partial charge in [0, 0.05) is 19.5 Å². The second-order valence-corrected chi connectivity index (χ2v) is 3.41. The van der Waals surface area contributed by atoms with E-state index in [1.54, 1.807) is 0 Å². The molecule has 0 N–H and O–H groups in total. The van der Waals surface area contributed by atoms with Crippen molar-refractivity contribution in [2.45, 2.75) is 12.8 Å². The monoisotopic (exact) mass is 168 g/mol. The van der Waals surface area contributed by atoms with Gasteiger partial charge in [0.1, 0.15) is 0 Å². The molecule has 0 saturated carbocycles. The van der Waals surface area contributed by atoms with E-state index in [-0.39, 0.29) is 0 Å². The fourth-order valence-corrected chi connectivity index (χ4v) is 0.934. The molecule has 0 aromatic rings. The SMILES string of the molecule is C#CCCCN(C)CCN(C)C. The maximum Gasteiger partial charge on any atom is 0.0106 e. The number of nitrogens with zero attached hydrogens (tertiary/aromatic N) is 2. The molecule has 2 nitrogen and oxygen atoms in total. The molecular formula is C10H20N2. The van der Waals surface area contributed by atoms with Crippen LogP contribution in [0.2, 0.25) is 0 Å². The smallest absolute Gasteiger partial charge is 0.0106 e. The normalized spacial score (nSPS) is 10.7. The highest BCUT2D eigenvalue weighted by molar-refractivity contribution is 4.83. The average molecular weight is 168 g/mol. The molecule has 0 radical (unpaired) electrons. The van der Waals surface area contributed by atoms with Gasteiger partial charge in [-0.2, -0.15) is 0 Å². The second kappa shape index (κ2) is 7.15. The Bertz CT molecular complexity index is 135. The van der Waals surface area contributed by atoms with Crippen molar-refractivity contribution in [2.75, 3.05) is 40.8 Å². The second-order valence-electron chi connectivity index (χ2n) is 3.41. The fourth-order valence-electron chi connectivity index (χ4n) is 0.934. The molecule has 0 aromatic carbocycles. The third kappa shape index (κ3) is 7.59. The van der Waals surface area contributed by atoms with E-state index in [0.29, 0.717) is 0 Å². The van der Waals surface area contributed by atoms with Crippen LogP contribution in [0.25, 0.3) is 0 Å². The Balaban J connectivity index is 3.22. The van der Waals surface area contributed by atoms with E-state index in [0.717, 1.165) is 32.5 Å². The van der Waals surface area contributed by atoms with Gasteiger partial charge in [-0.1, -0.05) is 0 Å². The zero-order valence-electron chi connectivity index (χ0n) is 8.51. The van der Waals surface area contributed by atoms with Crippen LogP contribution in [0.3, 0.4) is 0 Å². The number of hydrogen-bond donors (Lipinski definition) is 0. The van der Waals surface area contributed by atoms with Crippen LogP contribution >= 0.6 is 0 Å². The highest BCUT2D eigenvalue weighted by Gasteiger charge is 1.97. The molecule has 0 atom stereocenters. The first-order chi connectivity index (χ1) is 5.66. The summed E-state index contributed by atoms with van der Waals surface area (Å²) in [5.74, 6) is 2.65. The molecule has 70 valence electrons. The third-order valence-corrected chi connectivity index (χ3v) is 1.79. The highest BCUT2D eigenvalue weighted by Crippen LogP contribution is 1.91. The summed E-state index contributed by atoms with van der Waals surface area (Å²) >= 11 is 0. The zero-order chi connectivity index (χ0) is 9.40. The van der Waals surface area contributed by atoms with Crippen molar-refractivity contribution in [3.63, 3.8) is 0 Å². The van der Waals surface area contributed by atoms with E-state index in [9.17, 15) is 0 Å². The lowest BCUT2D eigenvalue weighted by Crippen LogP contribution is -2.29. The van der Waals surface area contributed by atoms with Crippen LogP contribution in [0, 0.1) is 12.3 Å². The first-order valence-electron chi connectivity index (χ1n) is 4.43. The van der Waals surface area contributed by atoms with Gasteiger partial charge in [-0.05, 0) is 34.1 Å². The van der Waals surface area contributed by atoms with Gasteiger partial charge < -0.3 is 9.80 Å². The summed E-state index contributed by atoms with van der Waals surface area (Å²) in [5, 5.41) is 0. The molecule has 0 rings (SSSR count). The Hall–Kier alpha value is -0.520. The van der Waals surface area contributed by atoms with Crippen LogP contribution < -0.4 is 0 Å². The first-order valence-corrected chi connectivity index (χ1v) is 4.43. The summed E-state index contributed by atoms with van der Waals surface area (Å²) in [4.78, 5) is 4.51. The van der Waals surface area contributed by atoms with Crippen molar-refractivity contribution in [1.29, 1.82) is 0 Å². The first kappa shape index (κ1) is 11.5. The molecule has 0 amide bonds. The number of terminal acetylenes is 1. The summed E-state index contributed by atoms with van der Waals surface area (Å²) in [6.07, 6.45) is 7.17. The van der Waals surface area contributed by atoms with E-state index in [4.69, 9.17) is 6.42 Å². The zero-order valence-corrected chi connectivity index (χ0v) is 8.51. The quantitative estimate of drug-likeness (QED) is 0.429. The maximum absolute atomic E-state index is 5.16. The largest absolute Gasteiger partial charge is 0.308 e. The number of hydrogen-bond acceptors (Lipinski definition) is 2. The summed E-state index contributed by atoms with van der Waals surface area (Å²) < 4.78 is 0. The van der Waals surface area contributed by atoms with E-state index in [2.05, 4.69) is 36.9 Å². The Kier molecular flexibility index (Phi) is 6.84. The third-order valence-electron chi connectivity index (χ3n) is 1.79. The molecule has 0 saturated heterocycles. The Morgan fingerprint density at radius 3 is 2.25 bits per heavy atom. The Morgan fingerprint density at radius 2 is 1.75 bits per heavy atom. The molecule has 0 fully saturated rings. The van der Waals surface area contributed by atoms with Crippen molar-refractivity contribution in [1.82, 2.24) is 9.80 Å². The van der Waals surface area contributed by atoms with Crippen molar-refractivity contribution in [3.05, 3.63) is 0 Å². The molecule has 2 heteroatoms. The Morgan fingerprint density at radius 1 is 1.08 bits per heavy atom. The predicted octanol–water partition coefficient (Wildman–Crippen LogP) is 0.893. The number of likely N-dealkylation sites (N-methyl/N-ethyl adjacent to an activating group) is 2. The predicted molar refractivity (Wildman–Crippen MR) is 54.1 cm³/mol. The lowest BCUT2D eigenvalue weighted by molar-refractivity contribution is 0.280. The van der Waals surface area contributed by atoms with Crippen LogP contribution in [0.1, 0.15) is 12.8 Å². The average Bonchev–Trinajstić information content (AvgIpc) is 2.01. The van der Waals surface area contributed by atoms with E-state index in [1.807, 2.05) is 0 Å². The molecule has 0 spiro atoms. The Labute approximate surface area is 76.5 Å². The standard InChI is InChI=1S/C10H20N2/c1-5-6-7-8-12(4)10-9-11(2)3/h1H,6-10H2,2-4H3. The van der Waals surface area contributed by atoms with Crippen molar-refractivity contribution in [3.8, 4) is 12.3 Å². The number of rotatable bonds is 6. The van der Waals surface area contributed by atoms with Crippen molar-refractivity contribution < 1.29 is 0 Å². The molecule has 0 aromatic heterocycles. The van der Waals surface area contributed by atoms with Gasteiger partial charge in [-0.15, -0.1) is 12.3 Å². The molecule has 0 aliphatic carbocycles. The lowest BCUT2D eigenvalue weighted by Gasteiger charge is -2.18. The van der Waals surface area contributed by atoms with E-state index >= 15 is 0 Å². The van der Waals surface area contributed by atoms with Crippen LogP contribution in [-0.4, -0.2) is 50.6 Å². The minimum absolute atomic E-state index is 0.895. The van der Waals surface area contributed by atoms with Crippen LogP contribution in [0.5, 0.6) is 0 Å². The molecule has 0 aliphatic rings.